The van der Waals surface area contributed by atoms with Gasteiger partial charge < -0.3 is 14.4 Å². The molecule has 10 rings (SSSR count). The fourth-order valence-corrected chi connectivity index (χ4v) is 11.6. The molecule has 0 atom stereocenters. The minimum atomic E-state index is 0. The summed E-state index contributed by atoms with van der Waals surface area (Å²) in [6.45, 7) is 13.1. The van der Waals surface area contributed by atoms with Gasteiger partial charge in [0.15, 0.2) is 0 Å². The molecular weight excluding hydrogens is 863 g/mol. The Morgan fingerprint density at radius 2 is 0.933 bits per heavy atom. The van der Waals surface area contributed by atoms with E-state index in [0.29, 0.717) is 10.8 Å². The van der Waals surface area contributed by atoms with Gasteiger partial charge in [0.2, 0.25) is 0 Å². The fraction of sp³-hybridized carbons (Fsp3) is 0.429. The topological polar surface area (TPSA) is 0 Å². The summed E-state index contributed by atoms with van der Waals surface area (Å²) in [4.78, 5) is 0. The maximum absolute atomic E-state index is 3.49. The molecule has 0 spiro atoms. The summed E-state index contributed by atoms with van der Waals surface area (Å²) < 4.78 is 0. The summed E-state index contributed by atoms with van der Waals surface area (Å²) in [5.41, 5.74) is 12.8. The van der Waals surface area contributed by atoms with Gasteiger partial charge in [-0.05, 0) is 135 Å². The fourth-order valence-electron chi connectivity index (χ4n) is 11.6. The molecule has 0 N–H and O–H groups in total. The van der Waals surface area contributed by atoms with Gasteiger partial charge in [-0.2, -0.15) is 18.6 Å². The molecule has 0 saturated heterocycles. The monoisotopic (exact) mass is 930 g/mol. The van der Waals surface area contributed by atoms with Crippen LogP contribution in [-0.2, 0) is 49.0 Å². The van der Waals surface area contributed by atoms with Crippen LogP contribution in [0.25, 0.3) is 43.8 Å². The van der Waals surface area contributed by atoms with E-state index in [4.69, 9.17) is 0 Å². The van der Waals surface area contributed by atoms with Crippen molar-refractivity contribution < 1.29 is 23.3 Å². The van der Waals surface area contributed by atoms with Gasteiger partial charge in [0.25, 0.3) is 0 Å². The van der Waals surface area contributed by atoms with E-state index in [-0.39, 0.29) is 32.2 Å². The van der Waals surface area contributed by atoms with Crippen molar-refractivity contribution >= 4 is 53.2 Å². The van der Waals surface area contributed by atoms with E-state index in [1.54, 1.807) is 11.1 Å². The molecule has 4 aliphatic rings. The second-order valence-corrected chi connectivity index (χ2v) is 18.4. The number of hydrogen-bond acceptors (Lipinski definition) is 0. The molecule has 320 valence electrons. The third-order valence-electron chi connectivity index (χ3n) is 14.2. The predicted molar refractivity (Wildman–Crippen MR) is 266 cm³/mol. The Morgan fingerprint density at radius 3 is 1.23 bits per heavy atom. The van der Waals surface area contributed by atoms with Crippen LogP contribution in [0.15, 0.2) is 109 Å². The normalized spacial score (nSPS) is 21.6. The molecule has 0 aliphatic heterocycles. The van der Waals surface area contributed by atoms with Gasteiger partial charge in [0.05, 0.1) is 0 Å². The first-order valence-electron chi connectivity index (χ1n) is 22.5. The van der Waals surface area contributed by atoms with Crippen LogP contribution >= 0.6 is 24.8 Å². The van der Waals surface area contributed by atoms with Crippen LogP contribution in [0.3, 0.4) is 0 Å². The molecule has 0 unspecified atom stereocenters. The molecule has 0 heterocycles. The Bertz CT molecular complexity index is 2020. The van der Waals surface area contributed by atoms with Gasteiger partial charge in [0.1, 0.15) is 0 Å². The molecule has 6 aromatic rings. The van der Waals surface area contributed by atoms with Crippen molar-refractivity contribution in [1.82, 2.24) is 0 Å². The second-order valence-electron chi connectivity index (χ2n) is 18.4. The van der Waals surface area contributed by atoms with E-state index in [0.717, 1.165) is 18.3 Å². The summed E-state index contributed by atoms with van der Waals surface area (Å²) in [6, 6.07) is 42.0. The number of fused-ring (bicyclic) bond motifs is 6. The van der Waals surface area contributed by atoms with E-state index in [1.807, 2.05) is 6.92 Å². The average molecular weight is 933 g/mol. The van der Waals surface area contributed by atoms with Crippen LogP contribution in [0, 0.1) is 37.0 Å². The number of hydrogen-bond donors (Lipinski definition) is 0. The van der Waals surface area contributed by atoms with Gasteiger partial charge >= 0.3 is 30.2 Å². The third kappa shape index (κ3) is 11.7. The molecule has 0 nitrogen and oxygen atoms in total. The van der Waals surface area contributed by atoms with Crippen molar-refractivity contribution in [2.45, 2.75) is 130 Å². The zero-order valence-corrected chi connectivity index (χ0v) is 42.2. The molecule has 6 aromatic carbocycles. The van der Waals surface area contributed by atoms with Crippen LogP contribution in [0.1, 0.15) is 126 Å². The Morgan fingerprint density at radius 1 is 0.583 bits per heavy atom. The maximum atomic E-state index is 3.49. The van der Waals surface area contributed by atoms with E-state index in [9.17, 15) is 0 Å². The van der Waals surface area contributed by atoms with E-state index >= 15 is 0 Å². The van der Waals surface area contributed by atoms with E-state index in [2.05, 4.69) is 137 Å². The quantitative estimate of drug-likeness (QED) is 0.0948. The molecule has 4 bridgehead atoms. The van der Waals surface area contributed by atoms with Crippen LogP contribution in [0.4, 0.5) is 0 Å². The van der Waals surface area contributed by atoms with Gasteiger partial charge in [0, 0.05) is 0 Å². The molecular formula is C56H70Cl2SiZr-4. The van der Waals surface area contributed by atoms with Crippen LogP contribution in [0.5, 0.6) is 0 Å². The van der Waals surface area contributed by atoms with Gasteiger partial charge in [-0.1, -0.05) is 105 Å². The summed E-state index contributed by atoms with van der Waals surface area (Å²) in [5.74, 6) is 2.08. The number of rotatable bonds is 10. The zero-order chi connectivity index (χ0) is 39.8. The number of benzene rings is 4. The molecule has 4 fully saturated rings. The summed E-state index contributed by atoms with van der Waals surface area (Å²) in [6.07, 6.45) is 23.1. The Labute approximate surface area is 394 Å². The first kappa shape index (κ1) is 50.4. The Hall–Kier alpha value is -2.22. The standard InChI is InChI=1S/2C26H29.C3H7.CH3.2ClH.Si.Zr/c2*1-2-4-19-7-9-22(10-8-19)24-6-3-5-23-15-21(16-25(23)24)18-26-13-11-20(17-26)12-14-26;1-3-2;;;;;/h2*3,5-10,15-16,20H,2,4,11-14,17-18H2,1H3;1,3H2,2H3;1H3;2*1H;;/q4*-1;;;;. The van der Waals surface area contributed by atoms with Gasteiger partial charge in [-0.15, -0.1) is 93.9 Å². The minimum absolute atomic E-state index is 0. The van der Waals surface area contributed by atoms with Crippen LogP contribution < -0.4 is 0 Å². The average Bonchev–Trinajstić information content (AvgIpc) is 4.11. The van der Waals surface area contributed by atoms with Crippen LogP contribution in [0.2, 0.25) is 0 Å². The van der Waals surface area contributed by atoms with E-state index < -0.39 is 0 Å². The van der Waals surface area contributed by atoms with Gasteiger partial charge in [-0.3, -0.25) is 0 Å². The summed E-state index contributed by atoms with van der Waals surface area (Å²) in [5, 5.41) is 5.71. The summed E-state index contributed by atoms with van der Waals surface area (Å²) >= 11 is 1.36. The van der Waals surface area contributed by atoms with Gasteiger partial charge in [-0.25, -0.2) is 0 Å². The van der Waals surface area contributed by atoms with Crippen molar-refractivity contribution in [1.29, 1.82) is 0 Å². The Balaban J connectivity index is 0.000000229. The van der Waals surface area contributed by atoms with Crippen molar-refractivity contribution in [3.63, 3.8) is 0 Å². The molecule has 0 amide bonds. The van der Waals surface area contributed by atoms with Crippen molar-refractivity contribution in [2.24, 2.45) is 22.7 Å². The first-order valence-corrected chi connectivity index (χ1v) is 26.7. The molecule has 0 aromatic heterocycles. The van der Waals surface area contributed by atoms with Crippen molar-refractivity contribution in [3.8, 4) is 22.3 Å². The van der Waals surface area contributed by atoms with E-state index in [1.165, 1.54) is 181 Å². The zero-order valence-electron chi connectivity index (χ0n) is 37.1. The summed E-state index contributed by atoms with van der Waals surface area (Å²) in [7, 11) is 0. The third-order valence-corrected chi connectivity index (χ3v) is 14.2. The Kier molecular flexibility index (Phi) is 19.7. The molecule has 4 heteroatoms. The first-order chi connectivity index (χ1) is 27.9. The second kappa shape index (κ2) is 23.5. The SMILES string of the molecule is CCCc1ccc(-c2cccc3[cH-]c(CC45CCC(CC4)C5)cc23)cc1.CCCc1ccc(-c2cccc3[cH-]c(CC45CCC(CC4)C5)cc23)cc1.Cl.Cl.[CH2-]CC.[CH3-].[Si]=[Zr]. The predicted octanol–water partition coefficient (Wildman–Crippen LogP) is 16.7. The molecule has 2 radical (unpaired) electrons. The van der Waals surface area contributed by atoms with Crippen molar-refractivity contribution in [3.05, 3.63) is 146 Å². The molecule has 60 heavy (non-hydrogen) atoms. The van der Waals surface area contributed by atoms with Crippen LogP contribution in [-0.4, -0.2) is 6.88 Å². The number of halogens is 2. The number of aryl methyl sites for hydroxylation is 2. The molecule has 4 saturated carbocycles. The van der Waals surface area contributed by atoms with Crippen molar-refractivity contribution in [2.75, 3.05) is 0 Å². The molecule has 4 aliphatic carbocycles.